The molecule has 60 valence electrons. The minimum Gasteiger partial charge on any atom is -0.165 e. The first-order chi connectivity index (χ1) is 4.77. The van der Waals surface area contributed by atoms with Crippen LogP contribution >= 0.6 is 23.5 Å². The Labute approximate surface area is 72.9 Å². The van der Waals surface area contributed by atoms with Gasteiger partial charge in [0, 0.05) is 11.5 Å². The highest BCUT2D eigenvalue weighted by Gasteiger charge is 1.88. The van der Waals surface area contributed by atoms with Gasteiger partial charge in [-0.3, -0.25) is 0 Å². The van der Waals surface area contributed by atoms with Gasteiger partial charge in [0.05, 0.1) is 0 Å². The molecule has 0 nitrogen and oxygen atoms in total. The zero-order valence-electron chi connectivity index (χ0n) is 6.85. The third kappa shape index (κ3) is 8.44. The highest BCUT2D eigenvalue weighted by atomic mass is 32.2. The molecular formula is C8H16S2. The van der Waals surface area contributed by atoms with Gasteiger partial charge in [0.1, 0.15) is 0 Å². The Morgan fingerprint density at radius 2 is 2.00 bits per heavy atom. The second-order valence-electron chi connectivity index (χ2n) is 2.31. The van der Waals surface area contributed by atoms with E-state index in [0.717, 1.165) is 0 Å². The number of hydrogen-bond acceptors (Lipinski definition) is 2. The Kier molecular flexibility index (Phi) is 7.88. The number of allylic oxidation sites excluding steroid dienone is 1. The number of thioether (sulfide) groups is 2. The molecule has 0 aromatic heterocycles. The molecule has 2 heteroatoms. The van der Waals surface area contributed by atoms with E-state index in [0.29, 0.717) is 0 Å². The lowest BCUT2D eigenvalue weighted by Crippen LogP contribution is -1.86. The maximum Gasteiger partial charge on any atom is 0.00235 e. The molecule has 0 aliphatic heterocycles. The minimum atomic E-state index is 1.18. The van der Waals surface area contributed by atoms with Gasteiger partial charge in [-0.05, 0) is 25.4 Å². The zero-order chi connectivity index (χ0) is 7.82. The molecular weight excluding hydrogens is 160 g/mol. The van der Waals surface area contributed by atoms with Crippen LogP contribution in [0.5, 0.6) is 0 Å². The summed E-state index contributed by atoms with van der Waals surface area (Å²) in [5.41, 5.74) is 1.30. The van der Waals surface area contributed by atoms with Crippen molar-refractivity contribution in [3.63, 3.8) is 0 Å². The monoisotopic (exact) mass is 176 g/mol. The average molecular weight is 176 g/mol. The van der Waals surface area contributed by atoms with Crippen LogP contribution in [0.15, 0.2) is 12.2 Å². The SMILES string of the molecule is C=C(C)CCSCCSC. The first-order valence-electron chi connectivity index (χ1n) is 3.48. The van der Waals surface area contributed by atoms with Crippen LogP contribution < -0.4 is 0 Å². The van der Waals surface area contributed by atoms with E-state index >= 15 is 0 Å². The summed E-state index contributed by atoms with van der Waals surface area (Å²) in [4.78, 5) is 0. The standard InChI is InChI=1S/C8H16S2/c1-8(2)4-5-10-7-6-9-3/h1,4-7H2,2-3H3. The molecule has 0 radical (unpaired) electrons. The van der Waals surface area contributed by atoms with E-state index in [9.17, 15) is 0 Å². The third-order valence-electron chi connectivity index (χ3n) is 1.10. The molecule has 0 aromatic rings. The van der Waals surface area contributed by atoms with E-state index in [-0.39, 0.29) is 0 Å². The zero-order valence-corrected chi connectivity index (χ0v) is 8.49. The van der Waals surface area contributed by atoms with Crippen LogP contribution in [0.2, 0.25) is 0 Å². The van der Waals surface area contributed by atoms with Crippen molar-refractivity contribution < 1.29 is 0 Å². The molecule has 0 aliphatic rings. The van der Waals surface area contributed by atoms with Crippen molar-refractivity contribution in [2.24, 2.45) is 0 Å². The van der Waals surface area contributed by atoms with Gasteiger partial charge in [-0.1, -0.05) is 5.57 Å². The largest absolute Gasteiger partial charge is 0.165 e. The Bertz CT molecular complexity index is 89.3. The van der Waals surface area contributed by atoms with Gasteiger partial charge in [-0.2, -0.15) is 23.5 Å². The van der Waals surface area contributed by atoms with E-state index in [2.05, 4.69) is 19.8 Å². The van der Waals surface area contributed by atoms with Crippen LogP contribution in [0, 0.1) is 0 Å². The summed E-state index contributed by atoms with van der Waals surface area (Å²) in [7, 11) is 0. The van der Waals surface area contributed by atoms with E-state index in [1.165, 1.54) is 29.3 Å². The maximum atomic E-state index is 3.85. The summed E-state index contributed by atoms with van der Waals surface area (Å²) in [6.07, 6.45) is 3.33. The lowest BCUT2D eigenvalue weighted by Gasteiger charge is -1.98. The highest BCUT2D eigenvalue weighted by molar-refractivity contribution is 8.02. The summed E-state index contributed by atoms with van der Waals surface area (Å²) < 4.78 is 0. The summed E-state index contributed by atoms with van der Waals surface area (Å²) in [5.74, 6) is 3.81. The molecule has 0 saturated heterocycles. The summed E-state index contributed by atoms with van der Waals surface area (Å²) in [5, 5.41) is 0. The van der Waals surface area contributed by atoms with Crippen molar-refractivity contribution in [3.05, 3.63) is 12.2 Å². The van der Waals surface area contributed by atoms with Gasteiger partial charge >= 0.3 is 0 Å². The van der Waals surface area contributed by atoms with E-state index < -0.39 is 0 Å². The summed E-state index contributed by atoms with van der Waals surface area (Å²) in [6.45, 7) is 5.95. The minimum absolute atomic E-state index is 1.18. The van der Waals surface area contributed by atoms with Gasteiger partial charge < -0.3 is 0 Å². The summed E-state index contributed by atoms with van der Waals surface area (Å²) in [6, 6.07) is 0. The third-order valence-corrected chi connectivity index (χ3v) is 2.96. The molecule has 0 N–H and O–H groups in total. The average Bonchev–Trinajstić information content (AvgIpc) is 1.87. The Morgan fingerprint density at radius 1 is 1.30 bits per heavy atom. The van der Waals surface area contributed by atoms with Crippen molar-refractivity contribution in [2.75, 3.05) is 23.5 Å². The van der Waals surface area contributed by atoms with Gasteiger partial charge in [0.2, 0.25) is 0 Å². The fraction of sp³-hybridized carbons (Fsp3) is 0.750. The van der Waals surface area contributed by atoms with Crippen LogP contribution in [-0.4, -0.2) is 23.5 Å². The molecule has 0 aromatic carbocycles. The van der Waals surface area contributed by atoms with Crippen molar-refractivity contribution in [2.45, 2.75) is 13.3 Å². The molecule has 0 atom stereocenters. The molecule has 0 rings (SSSR count). The fourth-order valence-corrected chi connectivity index (χ4v) is 2.33. The summed E-state index contributed by atoms with van der Waals surface area (Å²) >= 11 is 3.94. The smallest absolute Gasteiger partial charge is 0.00235 e. The Balaban J connectivity index is 2.84. The van der Waals surface area contributed by atoms with Crippen LogP contribution in [0.4, 0.5) is 0 Å². The molecule has 0 spiro atoms. The topological polar surface area (TPSA) is 0 Å². The number of rotatable bonds is 6. The van der Waals surface area contributed by atoms with Gasteiger partial charge in [0.25, 0.3) is 0 Å². The number of hydrogen-bond donors (Lipinski definition) is 0. The van der Waals surface area contributed by atoms with E-state index in [4.69, 9.17) is 0 Å². The van der Waals surface area contributed by atoms with E-state index in [1.807, 2.05) is 23.5 Å². The second kappa shape index (κ2) is 7.55. The molecule has 0 heterocycles. The lowest BCUT2D eigenvalue weighted by atomic mass is 10.3. The van der Waals surface area contributed by atoms with Crippen molar-refractivity contribution in [1.29, 1.82) is 0 Å². The predicted octanol–water partition coefficient (Wildman–Crippen LogP) is 3.05. The van der Waals surface area contributed by atoms with Gasteiger partial charge in [-0.15, -0.1) is 6.58 Å². The van der Waals surface area contributed by atoms with Gasteiger partial charge in [-0.25, -0.2) is 0 Å². The normalized spacial score (nSPS) is 9.80. The Morgan fingerprint density at radius 3 is 2.50 bits per heavy atom. The lowest BCUT2D eigenvalue weighted by molar-refractivity contribution is 1.12. The first-order valence-corrected chi connectivity index (χ1v) is 6.03. The molecule has 0 saturated carbocycles. The van der Waals surface area contributed by atoms with Crippen LogP contribution in [-0.2, 0) is 0 Å². The molecule has 0 amide bonds. The molecule has 10 heavy (non-hydrogen) atoms. The van der Waals surface area contributed by atoms with Gasteiger partial charge in [0.15, 0.2) is 0 Å². The molecule has 0 bridgehead atoms. The molecule has 0 unspecified atom stereocenters. The van der Waals surface area contributed by atoms with Crippen molar-refractivity contribution in [1.82, 2.24) is 0 Å². The Hall–Kier alpha value is 0.440. The van der Waals surface area contributed by atoms with Crippen molar-refractivity contribution >= 4 is 23.5 Å². The predicted molar refractivity (Wildman–Crippen MR) is 55.1 cm³/mol. The van der Waals surface area contributed by atoms with Crippen LogP contribution in [0.25, 0.3) is 0 Å². The quantitative estimate of drug-likeness (QED) is 0.451. The fourth-order valence-electron chi connectivity index (χ4n) is 0.491. The highest BCUT2D eigenvalue weighted by Crippen LogP contribution is 2.08. The molecule has 0 fully saturated rings. The first kappa shape index (κ1) is 10.4. The van der Waals surface area contributed by atoms with Crippen LogP contribution in [0.3, 0.4) is 0 Å². The van der Waals surface area contributed by atoms with Crippen molar-refractivity contribution in [3.8, 4) is 0 Å². The van der Waals surface area contributed by atoms with Crippen LogP contribution in [0.1, 0.15) is 13.3 Å². The maximum absolute atomic E-state index is 3.85. The second-order valence-corrected chi connectivity index (χ2v) is 4.52. The van der Waals surface area contributed by atoms with E-state index in [1.54, 1.807) is 0 Å². The molecule has 0 aliphatic carbocycles.